The van der Waals surface area contributed by atoms with Crippen molar-refractivity contribution in [2.75, 3.05) is 19.6 Å². The highest BCUT2D eigenvalue weighted by Crippen LogP contribution is 2.41. The first-order valence-electron chi connectivity index (χ1n) is 10.7. The van der Waals surface area contributed by atoms with Crippen LogP contribution in [-0.2, 0) is 11.3 Å². The molecule has 1 aliphatic carbocycles. The molecule has 4 rings (SSSR count). The van der Waals surface area contributed by atoms with Crippen LogP contribution in [0.5, 0.6) is 0 Å². The number of likely N-dealkylation sites (tertiary alicyclic amines) is 2. The van der Waals surface area contributed by atoms with Crippen LogP contribution in [0.4, 0.5) is 4.79 Å². The van der Waals surface area contributed by atoms with Crippen molar-refractivity contribution >= 4 is 11.9 Å². The second-order valence-electron chi connectivity index (χ2n) is 9.00. The second kappa shape index (κ2) is 7.76. The zero-order valence-electron chi connectivity index (χ0n) is 17.1. The summed E-state index contributed by atoms with van der Waals surface area (Å²) in [5, 5.41) is 7.22. The molecule has 1 spiro atoms. The average molecular weight is 389 g/mol. The minimum Gasteiger partial charge on any atom is -0.361 e. The molecule has 2 saturated heterocycles. The van der Waals surface area contributed by atoms with Gasteiger partial charge in [0, 0.05) is 43.1 Å². The fourth-order valence-electron chi connectivity index (χ4n) is 5.08. The average Bonchev–Trinajstić information content (AvgIpc) is 3.16. The summed E-state index contributed by atoms with van der Waals surface area (Å²) >= 11 is 0. The van der Waals surface area contributed by atoms with E-state index in [4.69, 9.17) is 4.52 Å². The number of hydrogen-bond acceptors (Lipinski definition) is 4. The topological polar surface area (TPSA) is 78.7 Å². The lowest BCUT2D eigenvalue weighted by atomic mass is 9.77. The molecule has 1 saturated carbocycles. The van der Waals surface area contributed by atoms with Crippen LogP contribution in [0.15, 0.2) is 4.52 Å². The Morgan fingerprint density at radius 2 is 1.93 bits per heavy atom. The van der Waals surface area contributed by atoms with E-state index >= 15 is 0 Å². The van der Waals surface area contributed by atoms with E-state index in [1.165, 1.54) is 19.3 Å². The van der Waals surface area contributed by atoms with Gasteiger partial charge in [-0.3, -0.25) is 4.79 Å². The molecule has 0 unspecified atom stereocenters. The Balaban J connectivity index is 1.31. The van der Waals surface area contributed by atoms with Gasteiger partial charge in [0.15, 0.2) is 0 Å². The molecule has 7 nitrogen and oxygen atoms in total. The summed E-state index contributed by atoms with van der Waals surface area (Å²) in [6.07, 6.45) is 8.33. The van der Waals surface area contributed by atoms with Gasteiger partial charge in [0.25, 0.3) is 0 Å². The van der Waals surface area contributed by atoms with E-state index in [2.05, 4.69) is 10.5 Å². The van der Waals surface area contributed by atoms with Crippen LogP contribution in [-0.4, -0.2) is 52.6 Å². The second-order valence-corrected chi connectivity index (χ2v) is 9.00. The zero-order valence-corrected chi connectivity index (χ0v) is 17.1. The summed E-state index contributed by atoms with van der Waals surface area (Å²) in [4.78, 5) is 29.2. The number of rotatable bonds is 3. The minimum atomic E-state index is 0.0116. The van der Waals surface area contributed by atoms with Crippen molar-refractivity contribution in [3.8, 4) is 0 Å². The van der Waals surface area contributed by atoms with Crippen LogP contribution < -0.4 is 5.32 Å². The number of carbonyl (C=O) groups is 2. The van der Waals surface area contributed by atoms with Gasteiger partial charge in [-0.2, -0.15) is 0 Å². The summed E-state index contributed by atoms with van der Waals surface area (Å²) in [6.45, 7) is 6.65. The molecule has 0 radical (unpaired) electrons. The molecule has 2 aliphatic heterocycles. The highest BCUT2D eigenvalue weighted by molar-refractivity contribution is 5.80. The maximum absolute atomic E-state index is 12.7. The molecule has 0 bridgehead atoms. The third kappa shape index (κ3) is 3.89. The first kappa shape index (κ1) is 19.3. The third-order valence-corrected chi connectivity index (χ3v) is 6.98. The van der Waals surface area contributed by atoms with Gasteiger partial charge >= 0.3 is 6.03 Å². The molecule has 0 atom stereocenters. The van der Waals surface area contributed by atoms with Crippen molar-refractivity contribution in [3.05, 3.63) is 17.0 Å². The molecule has 3 heterocycles. The Morgan fingerprint density at radius 1 is 1.21 bits per heavy atom. The number of hydrogen-bond donors (Lipinski definition) is 1. The minimum absolute atomic E-state index is 0.0116. The molecule has 1 aromatic heterocycles. The van der Waals surface area contributed by atoms with Crippen molar-refractivity contribution < 1.29 is 14.1 Å². The number of urea groups is 1. The van der Waals surface area contributed by atoms with Crippen LogP contribution in [0, 0.1) is 19.3 Å². The van der Waals surface area contributed by atoms with Crippen LogP contribution in [0.2, 0.25) is 0 Å². The van der Waals surface area contributed by atoms with E-state index in [1.807, 2.05) is 23.6 Å². The standard InChI is InChI=1S/C21H32N4O3/c1-15-18(16(2)28-23-15)13-25-14-21(12-19(25)26)8-10-24(11-9-21)20(27)22-17-6-4-3-5-7-17/h17H,3-14H2,1-2H3,(H,22,27). The van der Waals surface area contributed by atoms with Gasteiger partial charge in [-0.25, -0.2) is 4.79 Å². The maximum Gasteiger partial charge on any atom is 0.317 e. The van der Waals surface area contributed by atoms with E-state index in [9.17, 15) is 9.59 Å². The largest absolute Gasteiger partial charge is 0.361 e. The molecule has 3 fully saturated rings. The molecule has 3 amide bonds. The van der Waals surface area contributed by atoms with Crippen molar-refractivity contribution in [1.29, 1.82) is 0 Å². The molecular formula is C21H32N4O3. The van der Waals surface area contributed by atoms with Crippen molar-refractivity contribution in [2.45, 2.75) is 77.8 Å². The maximum atomic E-state index is 12.7. The molecule has 154 valence electrons. The Morgan fingerprint density at radius 3 is 2.57 bits per heavy atom. The van der Waals surface area contributed by atoms with Gasteiger partial charge in [0.05, 0.1) is 12.2 Å². The van der Waals surface area contributed by atoms with Crippen LogP contribution in [0.25, 0.3) is 0 Å². The summed E-state index contributed by atoms with van der Waals surface area (Å²) < 4.78 is 5.24. The Bertz CT molecular complexity index is 711. The van der Waals surface area contributed by atoms with Gasteiger partial charge < -0.3 is 19.6 Å². The molecule has 1 N–H and O–H groups in total. The molecule has 1 aromatic rings. The Kier molecular flexibility index (Phi) is 5.34. The van der Waals surface area contributed by atoms with Gasteiger partial charge in [-0.15, -0.1) is 0 Å². The number of nitrogens with zero attached hydrogens (tertiary/aromatic N) is 3. The highest BCUT2D eigenvalue weighted by atomic mass is 16.5. The highest BCUT2D eigenvalue weighted by Gasteiger charge is 2.45. The Labute approximate surface area is 166 Å². The Hall–Kier alpha value is -2.05. The summed E-state index contributed by atoms with van der Waals surface area (Å²) in [6, 6.07) is 0.425. The lowest BCUT2D eigenvalue weighted by molar-refractivity contribution is -0.128. The lowest BCUT2D eigenvalue weighted by Crippen LogP contribution is -2.50. The van der Waals surface area contributed by atoms with Crippen LogP contribution in [0.3, 0.4) is 0 Å². The van der Waals surface area contributed by atoms with Gasteiger partial charge in [-0.05, 0) is 39.5 Å². The molecule has 3 aliphatic rings. The van der Waals surface area contributed by atoms with E-state index in [1.54, 1.807) is 0 Å². The summed E-state index contributed by atoms with van der Waals surface area (Å²) in [5.74, 6) is 1.00. The van der Waals surface area contributed by atoms with E-state index in [-0.39, 0.29) is 17.4 Å². The fourth-order valence-corrected chi connectivity index (χ4v) is 5.08. The first-order valence-corrected chi connectivity index (χ1v) is 10.7. The lowest BCUT2D eigenvalue weighted by Gasteiger charge is -2.39. The number of aromatic nitrogens is 1. The SMILES string of the molecule is Cc1noc(C)c1CN1CC2(CCN(C(=O)NC3CCCCC3)CC2)CC1=O. The fraction of sp³-hybridized carbons (Fsp3) is 0.762. The predicted octanol–water partition coefficient (Wildman–Crippen LogP) is 3.15. The smallest absolute Gasteiger partial charge is 0.317 e. The van der Waals surface area contributed by atoms with Crippen LogP contribution >= 0.6 is 0 Å². The number of aryl methyl sites for hydroxylation is 2. The van der Waals surface area contributed by atoms with Crippen LogP contribution in [0.1, 0.15) is 68.4 Å². The van der Waals surface area contributed by atoms with Gasteiger partial charge in [0.1, 0.15) is 5.76 Å². The number of piperidine rings is 1. The number of carbonyl (C=O) groups excluding carboxylic acids is 2. The zero-order chi connectivity index (χ0) is 19.7. The summed E-state index contributed by atoms with van der Waals surface area (Å²) in [5.41, 5.74) is 1.90. The molecule has 0 aromatic carbocycles. The van der Waals surface area contributed by atoms with Crippen molar-refractivity contribution in [2.24, 2.45) is 5.41 Å². The number of amides is 3. The summed E-state index contributed by atoms with van der Waals surface area (Å²) in [7, 11) is 0. The molecule has 28 heavy (non-hydrogen) atoms. The normalized spacial score (nSPS) is 22.9. The van der Waals surface area contributed by atoms with Crippen molar-refractivity contribution in [3.63, 3.8) is 0 Å². The molecular weight excluding hydrogens is 356 g/mol. The quantitative estimate of drug-likeness (QED) is 0.863. The van der Waals surface area contributed by atoms with E-state index in [0.717, 1.165) is 62.3 Å². The van der Waals surface area contributed by atoms with Crippen molar-refractivity contribution in [1.82, 2.24) is 20.3 Å². The first-order chi connectivity index (χ1) is 13.5. The molecule has 7 heteroatoms. The third-order valence-electron chi connectivity index (χ3n) is 6.98. The monoisotopic (exact) mass is 388 g/mol. The van der Waals surface area contributed by atoms with Gasteiger partial charge in [-0.1, -0.05) is 24.4 Å². The number of nitrogens with one attached hydrogen (secondary N) is 1. The van der Waals surface area contributed by atoms with Gasteiger partial charge in [0.2, 0.25) is 5.91 Å². The predicted molar refractivity (Wildman–Crippen MR) is 105 cm³/mol. The van der Waals surface area contributed by atoms with E-state index in [0.29, 0.717) is 19.0 Å². The van der Waals surface area contributed by atoms with E-state index < -0.39 is 0 Å².